The summed E-state index contributed by atoms with van der Waals surface area (Å²) in [6.45, 7) is 1.40. The molecule has 1 fully saturated rings. The Morgan fingerprint density at radius 2 is 1.89 bits per heavy atom. The molecule has 0 atom stereocenters. The molecule has 3 N–H and O–H groups in total. The van der Waals surface area contributed by atoms with Gasteiger partial charge in [-0.2, -0.15) is 0 Å². The lowest BCUT2D eigenvalue weighted by Crippen LogP contribution is -2.44. The number of carboxylic acid groups (broad SMARTS) is 1. The number of aromatic nitrogens is 2. The second kappa shape index (κ2) is 7.00. The average molecular weight is 380 g/mol. The van der Waals surface area contributed by atoms with E-state index in [1.807, 2.05) is 23.6 Å². The number of piperidine rings is 1. The summed E-state index contributed by atoms with van der Waals surface area (Å²) in [7, 11) is 0. The van der Waals surface area contributed by atoms with Crippen LogP contribution in [0.25, 0.3) is 0 Å². The van der Waals surface area contributed by atoms with Crippen LogP contribution in [0.2, 0.25) is 0 Å². The standard InChI is InChI=1S/C20H20N4O2S/c21-19-23-16(13-27-19)20(14-5-2-1-3-6-14)8-11-24(12-9-20)17-15(18(25)26)7-4-10-22-17/h1-7,10,13H,8-9,11-12H2,(H2,21,23)(H,25,26). The number of hydrogen-bond donors (Lipinski definition) is 2. The predicted molar refractivity (Wildman–Crippen MR) is 106 cm³/mol. The number of aromatic carboxylic acids is 1. The van der Waals surface area contributed by atoms with E-state index in [2.05, 4.69) is 27.0 Å². The molecule has 3 heterocycles. The molecule has 7 heteroatoms. The third-order valence-corrected chi connectivity index (χ3v) is 5.95. The minimum absolute atomic E-state index is 0.218. The van der Waals surface area contributed by atoms with Gasteiger partial charge in [-0.25, -0.2) is 14.8 Å². The summed E-state index contributed by atoms with van der Waals surface area (Å²) in [5.74, 6) is -0.422. The smallest absolute Gasteiger partial charge is 0.339 e. The number of nitrogen functional groups attached to an aromatic ring is 1. The highest BCUT2D eigenvalue weighted by atomic mass is 32.1. The van der Waals surface area contributed by atoms with E-state index in [1.165, 1.54) is 16.9 Å². The summed E-state index contributed by atoms with van der Waals surface area (Å²) in [6.07, 6.45) is 3.27. The van der Waals surface area contributed by atoms with Crippen molar-refractivity contribution in [2.24, 2.45) is 0 Å². The third kappa shape index (κ3) is 3.14. The van der Waals surface area contributed by atoms with Crippen molar-refractivity contribution < 1.29 is 9.90 Å². The van der Waals surface area contributed by atoms with Crippen LogP contribution in [0, 0.1) is 0 Å². The van der Waals surface area contributed by atoms with Crippen LogP contribution in [0.3, 0.4) is 0 Å². The van der Waals surface area contributed by atoms with Crippen LogP contribution >= 0.6 is 11.3 Å². The van der Waals surface area contributed by atoms with Crippen molar-refractivity contribution in [1.82, 2.24) is 9.97 Å². The first-order chi connectivity index (χ1) is 13.1. The molecule has 3 aromatic rings. The number of anilines is 2. The zero-order valence-corrected chi connectivity index (χ0v) is 15.5. The zero-order valence-electron chi connectivity index (χ0n) is 14.7. The van der Waals surface area contributed by atoms with Gasteiger partial charge in [-0.3, -0.25) is 0 Å². The molecule has 2 aromatic heterocycles. The van der Waals surface area contributed by atoms with Crippen LogP contribution in [0.1, 0.15) is 34.5 Å². The number of nitrogens with zero attached hydrogens (tertiary/aromatic N) is 3. The summed E-state index contributed by atoms with van der Waals surface area (Å²) in [4.78, 5) is 22.5. The molecule has 1 aliphatic rings. The van der Waals surface area contributed by atoms with E-state index in [0.29, 0.717) is 24.0 Å². The Kier molecular flexibility index (Phi) is 4.53. The van der Waals surface area contributed by atoms with Crippen molar-refractivity contribution >= 4 is 28.3 Å². The Hall–Kier alpha value is -2.93. The first-order valence-electron chi connectivity index (χ1n) is 8.80. The highest BCUT2D eigenvalue weighted by molar-refractivity contribution is 7.13. The Morgan fingerprint density at radius 1 is 1.15 bits per heavy atom. The quantitative estimate of drug-likeness (QED) is 0.721. The predicted octanol–water partition coefficient (Wildman–Crippen LogP) is 3.41. The van der Waals surface area contributed by atoms with Gasteiger partial charge in [-0.15, -0.1) is 11.3 Å². The van der Waals surface area contributed by atoms with Gasteiger partial charge >= 0.3 is 5.97 Å². The van der Waals surface area contributed by atoms with E-state index in [-0.39, 0.29) is 11.0 Å². The molecule has 0 saturated carbocycles. The zero-order chi connectivity index (χ0) is 18.9. The summed E-state index contributed by atoms with van der Waals surface area (Å²) in [5.41, 5.74) is 8.15. The topological polar surface area (TPSA) is 92.3 Å². The van der Waals surface area contributed by atoms with Gasteiger partial charge in [0, 0.05) is 30.1 Å². The van der Waals surface area contributed by atoms with Gasteiger partial charge in [0.2, 0.25) is 0 Å². The van der Waals surface area contributed by atoms with Gasteiger partial charge in [0.1, 0.15) is 11.4 Å². The molecule has 0 radical (unpaired) electrons. The molecule has 0 aliphatic carbocycles. The maximum absolute atomic E-state index is 11.5. The lowest BCUT2D eigenvalue weighted by atomic mass is 9.70. The lowest BCUT2D eigenvalue weighted by molar-refractivity contribution is 0.0697. The van der Waals surface area contributed by atoms with Crippen LogP contribution in [-0.2, 0) is 5.41 Å². The van der Waals surface area contributed by atoms with E-state index >= 15 is 0 Å². The lowest BCUT2D eigenvalue weighted by Gasteiger charge is -2.42. The minimum Gasteiger partial charge on any atom is -0.478 e. The summed E-state index contributed by atoms with van der Waals surface area (Å²) < 4.78 is 0. The second-order valence-corrected chi connectivity index (χ2v) is 7.58. The van der Waals surface area contributed by atoms with Crippen LogP contribution in [-0.4, -0.2) is 34.1 Å². The van der Waals surface area contributed by atoms with E-state index in [1.54, 1.807) is 18.3 Å². The number of pyridine rings is 1. The van der Waals surface area contributed by atoms with Gasteiger partial charge in [0.25, 0.3) is 0 Å². The van der Waals surface area contributed by atoms with Crippen molar-refractivity contribution in [3.8, 4) is 0 Å². The SMILES string of the molecule is Nc1nc(C2(c3ccccc3)CCN(c3ncccc3C(=O)O)CC2)cs1. The van der Waals surface area contributed by atoms with Gasteiger partial charge in [0.15, 0.2) is 5.13 Å². The third-order valence-electron chi connectivity index (χ3n) is 5.27. The molecule has 27 heavy (non-hydrogen) atoms. The average Bonchev–Trinajstić information content (AvgIpc) is 3.15. The van der Waals surface area contributed by atoms with Crippen molar-refractivity contribution in [3.63, 3.8) is 0 Å². The first-order valence-corrected chi connectivity index (χ1v) is 9.68. The fraction of sp³-hybridized carbons (Fsp3) is 0.250. The van der Waals surface area contributed by atoms with Crippen molar-refractivity contribution in [1.29, 1.82) is 0 Å². The number of carboxylic acids is 1. The van der Waals surface area contributed by atoms with E-state index in [9.17, 15) is 9.90 Å². The fourth-order valence-electron chi connectivity index (χ4n) is 3.87. The second-order valence-electron chi connectivity index (χ2n) is 6.69. The Balaban J connectivity index is 1.68. The number of rotatable bonds is 4. The van der Waals surface area contributed by atoms with Crippen LogP contribution in [0.4, 0.5) is 10.9 Å². The number of benzene rings is 1. The summed E-state index contributed by atoms with van der Waals surface area (Å²) in [5, 5.41) is 12.1. The van der Waals surface area contributed by atoms with Crippen LogP contribution < -0.4 is 10.6 Å². The maximum atomic E-state index is 11.5. The molecule has 0 amide bonds. The summed E-state index contributed by atoms with van der Waals surface area (Å²) in [6, 6.07) is 13.6. The largest absolute Gasteiger partial charge is 0.478 e. The monoisotopic (exact) mass is 380 g/mol. The van der Waals surface area contributed by atoms with Crippen molar-refractivity contribution in [2.75, 3.05) is 23.7 Å². The molecular formula is C20H20N4O2S. The molecule has 6 nitrogen and oxygen atoms in total. The van der Waals surface area contributed by atoms with Gasteiger partial charge in [-0.05, 0) is 30.5 Å². The number of hydrogen-bond acceptors (Lipinski definition) is 6. The highest BCUT2D eigenvalue weighted by Gasteiger charge is 2.40. The Bertz CT molecular complexity index is 949. The molecule has 0 unspecified atom stereocenters. The van der Waals surface area contributed by atoms with E-state index in [0.717, 1.165) is 18.5 Å². The van der Waals surface area contributed by atoms with Gasteiger partial charge in [0.05, 0.1) is 5.69 Å². The molecule has 1 aliphatic heterocycles. The van der Waals surface area contributed by atoms with Crippen LogP contribution in [0.15, 0.2) is 54.0 Å². The minimum atomic E-state index is -0.953. The van der Waals surface area contributed by atoms with E-state index in [4.69, 9.17) is 5.73 Å². The molecule has 138 valence electrons. The Morgan fingerprint density at radius 3 is 2.52 bits per heavy atom. The van der Waals surface area contributed by atoms with Crippen LogP contribution in [0.5, 0.6) is 0 Å². The molecule has 1 saturated heterocycles. The number of nitrogens with two attached hydrogens (primary N) is 1. The van der Waals surface area contributed by atoms with Crippen molar-refractivity contribution in [2.45, 2.75) is 18.3 Å². The molecule has 0 bridgehead atoms. The molecular weight excluding hydrogens is 360 g/mol. The highest BCUT2D eigenvalue weighted by Crippen LogP contribution is 2.43. The first kappa shape index (κ1) is 17.5. The fourth-order valence-corrected chi connectivity index (χ4v) is 4.54. The molecule has 0 spiro atoms. The number of carbonyl (C=O) groups is 1. The maximum Gasteiger partial charge on any atom is 0.339 e. The van der Waals surface area contributed by atoms with Crippen molar-refractivity contribution in [3.05, 3.63) is 70.9 Å². The van der Waals surface area contributed by atoms with Gasteiger partial charge in [-0.1, -0.05) is 30.3 Å². The summed E-state index contributed by atoms with van der Waals surface area (Å²) >= 11 is 1.46. The number of thiazole rings is 1. The Labute approximate surface area is 161 Å². The molecule has 1 aromatic carbocycles. The van der Waals surface area contributed by atoms with Gasteiger partial charge < -0.3 is 15.7 Å². The van der Waals surface area contributed by atoms with E-state index < -0.39 is 5.97 Å². The normalized spacial score (nSPS) is 16.2. The molecule has 4 rings (SSSR count).